The summed E-state index contributed by atoms with van der Waals surface area (Å²) >= 11 is 0. The molecule has 6 nitrogen and oxygen atoms in total. The lowest BCUT2D eigenvalue weighted by atomic mass is 10.2. The number of morpholine rings is 1. The molecule has 1 heterocycles. The molecule has 1 saturated heterocycles. The second-order valence-corrected chi connectivity index (χ2v) is 5.50. The fourth-order valence-corrected chi connectivity index (χ4v) is 2.49. The first-order valence-electron chi connectivity index (χ1n) is 8.03. The fourth-order valence-electron chi connectivity index (χ4n) is 2.49. The summed E-state index contributed by atoms with van der Waals surface area (Å²) in [4.78, 5) is 7.17. The standard InChI is InChI=1S/C15H32N4O2/c1-5-16-15(17-7-6-9-20-4)18-11-13(2)19-8-10-21-12-14(19)3/h13-14H,5-12H2,1-4H3,(H2,16,17,18). The van der Waals surface area contributed by atoms with Crippen molar-refractivity contribution in [1.82, 2.24) is 15.5 Å². The molecule has 0 aromatic rings. The van der Waals surface area contributed by atoms with E-state index in [0.717, 1.165) is 58.4 Å². The fraction of sp³-hybridized carbons (Fsp3) is 0.933. The number of rotatable bonds is 8. The molecule has 0 spiro atoms. The van der Waals surface area contributed by atoms with Crippen molar-refractivity contribution in [3.8, 4) is 0 Å². The summed E-state index contributed by atoms with van der Waals surface area (Å²) in [6.07, 6.45) is 0.983. The van der Waals surface area contributed by atoms with E-state index in [1.54, 1.807) is 7.11 Å². The number of nitrogens with zero attached hydrogens (tertiary/aromatic N) is 2. The quantitative estimate of drug-likeness (QED) is 0.392. The van der Waals surface area contributed by atoms with Gasteiger partial charge in [-0.3, -0.25) is 9.89 Å². The van der Waals surface area contributed by atoms with Crippen molar-refractivity contribution >= 4 is 5.96 Å². The topological polar surface area (TPSA) is 58.1 Å². The highest BCUT2D eigenvalue weighted by Crippen LogP contribution is 2.10. The van der Waals surface area contributed by atoms with Crippen LogP contribution >= 0.6 is 0 Å². The van der Waals surface area contributed by atoms with E-state index < -0.39 is 0 Å². The molecule has 6 heteroatoms. The molecule has 0 aliphatic carbocycles. The highest BCUT2D eigenvalue weighted by Gasteiger charge is 2.23. The predicted octanol–water partition coefficient (Wildman–Crippen LogP) is 0.687. The Labute approximate surface area is 129 Å². The van der Waals surface area contributed by atoms with Gasteiger partial charge < -0.3 is 20.1 Å². The zero-order chi connectivity index (χ0) is 15.5. The molecule has 21 heavy (non-hydrogen) atoms. The van der Waals surface area contributed by atoms with Crippen LogP contribution in [0.3, 0.4) is 0 Å². The average Bonchev–Trinajstić information content (AvgIpc) is 2.49. The SMILES string of the molecule is CCNC(=NCC(C)N1CCOCC1C)NCCCOC. The van der Waals surface area contributed by atoms with E-state index in [4.69, 9.17) is 14.5 Å². The van der Waals surface area contributed by atoms with Crippen LogP contribution in [0, 0.1) is 0 Å². The molecule has 0 aromatic carbocycles. The van der Waals surface area contributed by atoms with E-state index in [9.17, 15) is 0 Å². The number of guanidine groups is 1. The van der Waals surface area contributed by atoms with Crippen LogP contribution in [0.5, 0.6) is 0 Å². The number of hydrogen-bond donors (Lipinski definition) is 2. The van der Waals surface area contributed by atoms with Crippen LogP contribution in [0.4, 0.5) is 0 Å². The first-order chi connectivity index (χ1) is 10.2. The van der Waals surface area contributed by atoms with E-state index in [1.165, 1.54) is 0 Å². The number of ether oxygens (including phenoxy) is 2. The number of nitrogens with one attached hydrogen (secondary N) is 2. The molecule has 1 fully saturated rings. The molecule has 2 unspecified atom stereocenters. The van der Waals surface area contributed by atoms with Gasteiger partial charge in [0.1, 0.15) is 0 Å². The molecular weight excluding hydrogens is 268 g/mol. The highest BCUT2D eigenvalue weighted by molar-refractivity contribution is 5.79. The van der Waals surface area contributed by atoms with Gasteiger partial charge in [0, 0.05) is 45.4 Å². The maximum absolute atomic E-state index is 5.49. The zero-order valence-electron chi connectivity index (χ0n) is 14.0. The van der Waals surface area contributed by atoms with Crippen LogP contribution in [-0.4, -0.2) is 76.1 Å². The van der Waals surface area contributed by atoms with Gasteiger partial charge in [-0.1, -0.05) is 0 Å². The number of methoxy groups -OCH3 is 1. The minimum Gasteiger partial charge on any atom is -0.385 e. The molecule has 0 radical (unpaired) electrons. The maximum Gasteiger partial charge on any atom is 0.191 e. The molecule has 1 aliphatic heterocycles. The lowest BCUT2D eigenvalue weighted by Gasteiger charge is -2.37. The predicted molar refractivity (Wildman–Crippen MR) is 86.9 cm³/mol. The smallest absolute Gasteiger partial charge is 0.191 e. The Kier molecular flexibility index (Phi) is 9.37. The molecule has 0 saturated carbocycles. The van der Waals surface area contributed by atoms with Crippen LogP contribution in [-0.2, 0) is 9.47 Å². The second-order valence-electron chi connectivity index (χ2n) is 5.50. The summed E-state index contributed by atoms with van der Waals surface area (Å²) in [5, 5.41) is 6.62. The van der Waals surface area contributed by atoms with E-state index >= 15 is 0 Å². The van der Waals surface area contributed by atoms with Crippen molar-refractivity contribution in [2.75, 3.05) is 53.1 Å². The minimum atomic E-state index is 0.429. The van der Waals surface area contributed by atoms with Crippen LogP contribution < -0.4 is 10.6 Å². The Morgan fingerprint density at radius 2 is 2.29 bits per heavy atom. The van der Waals surface area contributed by atoms with E-state index in [-0.39, 0.29) is 0 Å². The van der Waals surface area contributed by atoms with Crippen molar-refractivity contribution in [2.24, 2.45) is 4.99 Å². The summed E-state index contributed by atoms with van der Waals surface area (Å²) < 4.78 is 10.5. The Morgan fingerprint density at radius 3 is 2.95 bits per heavy atom. The van der Waals surface area contributed by atoms with Crippen LogP contribution in [0.25, 0.3) is 0 Å². The van der Waals surface area contributed by atoms with Gasteiger partial charge in [0.2, 0.25) is 0 Å². The van der Waals surface area contributed by atoms with E-state index in [1.807, 2.05) is 0 Å². The van der Waals surface area contributed by atoms with Crippen LogP contribution in [0.1, 0.15) is 27.2 Å². The van der Waals surface area contributed by atoms with Gasteiger partial charge in [0.25, 0.3) is 0 Å². The minimum absolute atomic E-state index is 0.429. The monoisotopic (exact) mass is 300 g/mol. The Bertz CT molecular complexity index is 299. The summed E-state index contributed by atoms with van der Waals surface area (Å²) in [5.41, 5.74) is 0. The third kappa shape index (κ3) is 7.11. The van der Waals surface area contributed by atoms with Crippen LogP contribution in [0.2, 0.25) is 0 Å². The number of hydrogen-bond acceptors (Lipinski definition) is 4. The van der Waals surface area contributed by atoms with Gasteiger partial charge in [0.05, 0.1) is 19.8 Å². The third-order valence-corrected chi connectivity index (χ3v) is 3.66. The van der Waals surface area contributed by atoms with Gasteiger partial charge >= 0.3 is 0 Å². The summed E-state index contributed by atoms with van der Waals surface area (Å²) in [6, 6.07) is 0.902. The summed E-state index contributed by atoms with van der Waals surface area (Å²) in [6.45, 7) is 12.5. The Morgan fingerprint density at radius 1 is 1.48 bits per heavy atom. The van der Waals surface area contributed by atoms with Gasteiger partial charge in [0.15, 0.2) is 5.96 Å². The first kappa shape index (κ1) is 18.2. The molecule has 124 valence electrons. The third-order valence-electron chi connectivity index (χ3n) is 3.66. The van der Waals surface area contributed by atoms with Crippen molar-refractivity contribution < 1.29 is 9.47 Å². The second kappa shape index (κ2) is 10.8. The lowest BCUT2D eigenvalue weighted by Crippen LogP contribution is -2.49. The molecule has 0 aromatic heterocycles. The molecule has 2 atom stereocenters. The summed E-state index contributed by atoms with van der Waals surface area (Å²) in [5.74, 6) is 0.890. The van der Waals surface area contributed by atoms with E-state index in [0.29, 0.717) is 12.1 Å². The van der Waals surface area contributed by atoms with Crippen molar-refractivity contribution in [2.45, 2.75) is 39.3 Å². The molecule has 2 N–H and O–H groups in total. The van der Waals surface area contributed by atoms with Crippen molar-refractivity contribution in [3.63, 3.8) is 0 Å². The molecule has 1 aliphatic rings. The van der Waals surface area contributed by atoms with Gasteiger partial charge in [-0.05, 0) is 27.2 Å². The molecular formula is C15H32N4O2. The Balaban J connectivity index is 2.40. The lowest BCUT2D eigenvalue weighted by molar-refractivity contribution is -0.0165. The van der Waals surface area contributed by atoms with Crippen molar-refractivity contribution in [1.29, 1.82) is 0 Å². The van der Waals surface area contributed by atoms with Gasteiger partial charge in [-0.15, -0.1) is 0 Å². The molecule has 0 amide bonds. The maximum atomic E-state index is 5.49. The number of aliphatic imine (C=N–C) groups is 1. The normalized spacial score (nSPS) is 22.1. The molecule has 1 rings (SSSR count). The Hall–Kier alpha value is -0.850. The first-order valence-corrected chi connectivity index (χ1v) is 8.03. The largest absolute Gasteiger partial charge is 0.385 e. The van der Waals surface area contributed by atoms with Gasteiger partial charge in [-0.2, -0.15) is 0 Å². The van der Waals surface area contributed by atoms with Crippen LogP contribution in [0.15, 0.2) is 4.99 Å². The average molecular weight is 300 g/mol. The molecule has 0 bridgehead atoms. The van der Waals surface area contributed by atoms with Gasteiger partial charge in [-0.25, -0.2) is 0 Å². The summed E-state index contributed by atoms with van der Waals surface area (Å²) in [7, 11) is 1.73. The zero-order valence-corrected chi connectivity index (χ0v) is 14.0. The van der Waals surface area contributed by atoms with E-state index in [2.05, 4.69) is 36.3 Å². The highest BCUT2D eigenvalue weighted by atomic mass is 16.5. The van der Waals surface area contributed by atoms with Crippen molar-refractivity contribution in [3.05, 3.63) is 0 Å².